The molecular formula is C16H15F3N2O3. The van der Waals surface area contributed by atoms with Crippen LogP contribution in [0.15, 0.2) is 17.1 Å². The molecule has 0 radical (unpaired) electrons. The van der Waals surface area contributed by atoms with Crippen molar-refractivity contribution < 1.29 is 23.1 Å². The average molecular weight is 340 g/mol. The summed E-state index contributed by atoms with van der Waals surface area (Å²) in [4.78, 5) is 23.6. The average Bonchev–Trinajstić information content (AvgIpc) is 2.87. The van der Waals surface area contributed by atoms with Gasteiger partial charge in [-0.3, -0.25) is 14.5 Å². The van der Waals surface area contributed by atoms with Crippen LogP contribution in [0.4, 0.5) is 13.2 Å². The van der Waals surface area contributed by atoms with Gasteiger partial charge in [0.2, 0.25) is 5.43 Å². The molecule has 0 bridgehead atoms. The first-order valence-electron chi connectivity index (χ1n) is 7.19. The van der Waals surface area contributed by atoms with Crippen LogP contribution < -0.4 is 10.4 Å². The molecule has 1 aliphatic heterocycles. The highest BCUT2D eigenvalue weighted by Gasteiger charge is 2.64. The number of rotatable bonds is 2. The van der Waals surface area contributed by atoms with Crippen LogP contribution in [0.3, 0.4) is 0 Å². The van der Waals surface area contributed by atoms with Gasteiger partial charge in [-0.15, -0.1) is 0 Å². The number of aromatic carboxylic acids is 1. The van der Waals surface area contributed by atoms with E-state index in [2.05, 4.69) is 0 Å². The van der Waals surface area contributed by atoms with Crippen molar-refractivity contribution in [3.8, 4) is 0 Å². The number of pyridine rings is 1. The summed E-state index contributed by atoms with van der Waals surface area (Å²) in [6, 6.07) is 0.530. The second-order valence-electron chi connectivity index (χ2n) is 6.83. The largest absolute Gasteiger partial charge is 0.477 e. The summed E-state index contributed by atoms with van der Waals surface area (Å²) < 4.78 is 42.7. The quantitative estimate of drug-likeness (QED) is 0.674. The predicted octanol–water partition coefficient (Wildman–Crippen LogP) is 2.63. The molecule has 3 rings (SSSR count). The van der Waals surface area contributed by atoms with E-state index in [1.54, 1.807) is 5.01 Å². The number of hydrogen-bond donors (Lipinski definition) is 1. The van der Waals surface area contributed by atoms with Gasteiger partial charge in [0, 0.05) is 6.20 Å². The maximum Gasteiger partial charge on any atom is 0.341 e. The molecule has 1 aromatic carbocycles. The molecule has 0 aliphatic carbocycles. The minimum absolute atomic E-state index is 0.484. The van der Waals surface area contributed by atoms with Crippen molar-refractivity contribution in [3.05, 3.63) is 45.5 Å². The number of aromatic nitrogens is 1. The van der Waals surface area contributed by atoms with Gasteiger partial charge in [-0.2, -0.15) is 0 Å². The number of carboxylic acids is 1. The van der Waals surface area contributed by atoms with E-state index < -0.39 is 56.4 Å². The van der Waals surface area contributed by atoms with Gasteiger partial charge >= 0.3 is 5.97 Å². The van der Waals surface area contributed by atoms with Gasteiger partial charge in [0.15, 0.2) is 17.5 Å². The first-order chi connectivity index (χ1) is 10.9. The van der Waals surface area contributed by atoms with Crippen molar-refractivity contribution in [2.45, 2.75) is 38.8 Å². The van der Waals surface area contributed by atoms with E-state index in [4.69, 9.17) is 0 Å². The van der Waals surface area contributed by atoms with Crippen LogP contribution in [0, 0.1) is 17.5 Å². The Labute approximate surface area is 134 Å². The van der Waals surface area contributed by atoms with E-state index in [-0.39, 0.29) is 0 Å². The molecule has 1 saturated heterocycles. The van der Waals surface area contributed by atoms with Crippen LogP contribution in [0.2, 0.25) is 0 Å². The van der Waals surface area contributed by atoms with Gasteiger partial charge in [-0.25, -0.2) is 18.0 Å². The van der Waals surface area contributed by atoms with Gasteiger partial charge in [0.25, 0.3) is 0 Å². The summed E-state index contributed by atoms with van der Waals surface area (Å²) in [5.41, 5.74) is -3.22. The highest BCUT2D eigenvalue weighted by molar-refractivity contribution is 5.93. The molecule has 8 heteroatoms. The summed E-state index contributed by atoms with van der Waals surface area (Å²) in [6.45, 7) is 7.31. The smallest absolute Gasteiger partial charge is 0.341 e. The number of nitrogens with zero attached hydrogens (tertiary/aromatic N) is 2. The number of carboxylic acid groups (broad SMARTS) is 1. The molecule has 0 atom stereocenters. The van der Waals surface area contributed by atoms with Gasteiger partial charge in [0.05, 0.1) is 16.5 Å². The zero-order chi connectivity index (χ0) is 18.2. The van der Waals surface area contributed by atoms with E-state index in [1.807, 2.05) is 27.7 Å². The van der Waals surface area contributed by atoms with E-state index in [0.29, 0.717) is 6.07 Å². The minimum atomic E-state index is -1.71. The molecule has 0 spiro atoms. The second kappa shape index (κ2) is 4.52. The minimum Gasteiger partial charge on any atom is -0.477 e. The molecule has 5 nitrogen and oxygen atoms in total. The molecule has 2 aromatic rings. The molecule has 1 fully saturated rings. The molecule has 1 N–H and O–H groups in total. The molecule has 1 aromatic heterocycles. The third-order valence-corrected chi connectivity index (χ3v) is 5.06. The van der Waals surface area contributed by atoms with E-state index >= 15 is 0 Å². The third kappa shape index (κ3) is 1.82. The molecule has 0 saturated carbocycles. The van der Waals surface area contributed by atoms with Crippen LogP contribution in [0.5, 0.6) is 0 Å². The second-order valence-corrected chi connectivity index (χ2v) is 6.83. The highest BCUT2D eigenvalue weighted by atomic mass is 19.2. The first kappa shape index (κ1) is 16.4. The molecule has 0 unspecified atom stereocenters. The van der Waals surface area contributed by atoms with E-state index in [1.165, 1.54) is 0 Å². The van der Waals surface area contributed by atoms with Gasteiger partial charge in [0.1, 0.15) is 11.1 Å². The maximum absolute atomic E-state index is 14.4. The summed E-state index contributed by atoms with van der Waals surface area (Å²) >= 11 is 0. The van der Waals surface area contributed by atoms with Crippen LogP contribution in [-0.2, 0) is 0 Å². The van der Waals surface area contributed by atoms with Crippen molar-refractivity contribution in [3.63, 3.8) is 0 Å². The van der Waals surface area contributed by atoms with Crippen molar-refractivity contribution in [1.29, 1.82) is 0 Å². The summed E-state index contributed by atoms with van der Waals surface area (Å²) in [5.74, 6) is -6.32. The fraction of sp³-hybridized carbons (Fsp3) is 0.375. The Hall–Kier alpha value is -2.51. The number of fused-ring (bicyclic) bond motifs is 1. The molecule has 2 heterocycles. The standard InChI is InChI=1S/C16H15F3N2O3/c1-15(2)16(3,4)21(15)20-6-8(14(23)24)13(22)7-5-9(17)10(18)11(19)12(7)20/h5-6H,1-4H3,(H,23,24). The predicted molar refractivity (Wildman–Crippen MR) is 81.4 cm³/mol. The number of hydrogen-bond acceptors (Lipinski definition) is 3. The topological polar surface area (TPSA) is 62.3 Å². The lowest BCUT2D eigenvalue weighted by Gasteiger charge is -2.19. The van der Waals surface area contributed by atoms with Gasteiger partial charge in [-0.1, -0.05) is 0 Å². The van der Waals surface area contributed by atoms with Crippen LogP contribution in [-0.4, -0.2) is 26.8 Å². The fourth-order valence-electron chi connectivity index (χ4n) is 3.12. The van der Waals surface area contributed by atoms with Gasteiger partial charge < -0.3 is 5.11 Å². The molecule has 24 heavy (non-hydrogen) atoms. The Morgan fingerprint density at radius 2 is 1.62 bits per heavy atom. The van der Waals surface area contributed by atoms with Gasteiger partial charge in [-0.05, 0) is 33.8 Å². The van der Waals surface area contributed by atoms with Crippen molar-refractivity contribution >= 4 is 16.9 Å². The van der Waals surface area contributed by atoms with Crippen molar-refractivity contribution in [2.24, 2.45) is 0 Å². The van der Waals surface area contributed by atoms with Crippen molar-refractivity contribution in [2.75, 3.05) is 5.01 Å². The Morgan fingerprint density at radius 3 is 2.08 bits per heavy atom. The van der Waals surface area contributed by atoms with Crippen LogP contribution >= 0.6 is 0 Å². The molecule has 128 valence electrons. The Morgan fingerprint density at radius 1 is 1.08 bits per heavy atom. The lowest BCUT2D eigenvalue weighted by molar-refractivity contribution is 0.0694. The molecule has 0 amide bonds. The van der Waals surface area contributed by atoms with E-state index in [0.717, 1.165) is 10.9 Å². The summed E-state index contributed by atoms with van der Waals surface area (Å²) in [7, 11) is 0. The summed E-state index contributed by atoms with van der Waals surface area (Å²) in [5, 5.41) is 10.3. The highest BCUT2D eigenvalue weighted by Crippen LogP contribution is 2.49. The Kier molecular flexibility index (Phi) is 3.08. The number of benzene rings is 1. The van der Waals surface area contributed by atoms with E-state index in [9.17, 15) is 27.9 Å². The summed E-state index contributed by atoms with van der Waals surface area (Å²) in [6.07, 6.45) is 0.948. The Balaban J connectivity index is 2.50. The number of halogens is 3. The first-order valence-corrected chi connectivity index (χ1v) is 7.19. The SMILES string of the molecule is CC1(C)N(n2cc(C(=O)O)c(=O)c3cc(F)c(F)c(F)c32)C1(C)C. The lowest BCUT2D eigenvalue weighted by Crippen LogP contribution is -2.28. The normalized spacial score (nSPS) is 18.0. The number of carbonyl (C=O) groups is 1. The zero-order valence-electron chi connectivity index (χ0n) is 13.4. The Bertz CT molecular complexity index is 949. The van der Waals surface area contributed by atoms with Crippen LogP contribution in [0.25, 0.3) is 10.9 Å². The monoisotopic (exact) mass is 340 g/mol. The fourth-order valence-corrected chi connectivity index (χ4v) is 3.12. The maximum atomic E-state index is 14.4. The van der Waals surface area contributed by atoms with Crippen molar-refractivity contribution in [1.82, 2.24) is 4.68 Å². The lowest BCUT2D eigenvalue weighted by atomic mass is 10.0. The zero-order valence-corrected chi connectivity index (χ0v) is 13.4. The third-order valence-electron chi connectivity index (χ3n) is 5.06. The molecular weight excluding hydrogens is 325 g/mol. The molecule has 1 aliphatic rings. The van der Waals surface area contributed by atoms with Crippen LogP contribution in [0.1, 0.15) is 38.1 Å².